The van der Waals surface area contributed by atoms with E-state index in [1.54, 1.807) is 27.7 Å². The lowest BCUT2D eigenvalue weighted by atomic mass is 10.0. The molecule has 1 aromatic rings. The maximum Gasteiger partial charge on any atom is 0.331 e. The Balaban J connectivity index is 3.27. The monoisotopic (exact) mass is 239 g/mol. The highest BCUT2D eigenvalue weighted by atomic mass is 16.4. The van der Waals surface area contributed by atoms with E-state index < -0.39 is 12.0 Å². The summed E-state index contributed by atoms with van der Waals surface area (Å²) in [5, 5.41) is 16.0. The number of H-pyrrole nitrogens is 1. The van der Waals surface area contributed by atoms with E-state index in [0.717, 1.165) is 0 Å². The highest BCUT2D eigenvalue weighted by molar-refractivity contribution is 5.79. The first-order valence-electron chi connectivity index (χ1n) is 5.37. The van der Waals surface area contributed by atoms with E-state index in [2.05, 4.69) is 10.2 Å². The van der Waals surface area contributed by atoms with E-state index in [9.17, 15) is 14.7 Å². The molecular weight excluding hydrogens is 222 g/mol. The number of aryl methyl sites for hydroxylation is 2. The fraction of sp³-hybridized carbons (Fsp3) is 0.545. The number of hydrogen-bond acceptors (Lipinski definition) is 3. The van der Waals surface area contributed by atoms with Crippen LogP contribution in [0.4, 0.5) is 0 Å². The van der Waals surface area contributed by atoms with Gasteiger partial charge in [-0.15, -0.1) is 0 Å². The molecule has 0 aliphatic rings. The summed E-state index contributed by atoms with van der Waals surface area (Å²) in [6, 6.07) is -1.19. The van der Waals surface area contributed by atoms with Gasteiger partial charge in [-0.1, -0.05) is 0 Å². The third-order valence-electron chi connectivity index (χ3n) is 2.71. The molecule has 0 spiro atoms. The van der Waals surface area contributed by atoms with Gasteiger partial charge in [-0.3, -0.25) is 9.89 Å². The molecule has 94 valence electrons. The van der Waals surface area contributed by atoms with E-state index in [4.69, 9.17) is 0 Å². The van der Waals surface area contributed by atoms with Gasteiger partial charge in [0.15, 0.2) is 6.04 Å². The molecule has 0 saturated carbocycles. The van der Waals surface area contributed by atoms with Gasteiger partial charge < -0.3 is 10.0 Å². The first-order valence-corrected chi connectivity index (χ1v) is 5.37. The van der Waals surface area contributed by atoms with Gasteiger partial charge in [-0.2, -0.15) is 5.10 Å². The molecule has 6 nitrogen and oxygen atoms in total. The molecule has 0 aromatic carbocycles. The minimum Gasteiger partial charge on any atom is -0.479 e. The van der Waals surface area contributed by atoms with Crippen LogP contribution in [0.1, 0.15) is 36.8 Å². The summed E-state index contributed by atoms with van der Waals surface area (Å²) in [4.78, 5) is 23.7. The van der Waals surface area contributed by atoms with Crippen molar-refractivity contribution in [3.63, 3.8) is 0 Å². The molecule has 1 atom stereocenters. The van der Waals surface area contributed by atoms with Crippen LogP contribution in [0.5, 0.6) is 0 Å². The lowest BCUT2D eigenvalue weighted by Crippen LogP contribution is -2.38. The van der Waals surface area contributed by atoms with Crippen molar-refractivity contribution in [2.75, 3.05) is 0 Å². The van der Waals surface area contributed by atoms with Crippen LogP contribution in [0.25, 0.3) is 0 Å². The number of hydrogen-bond donors (Lipinski definition) is 2. The normalized spacial score (nSPS) is 12.5. The van der Waals surface area contributed by atoms with E-state index >= 15 is 0 Å². The predicted octanol–water partition coefficient (Wildman–Crippen LogP) is 1.02. The Labute approximate surface area is 99.6 Å². The number of aromatic nitrogens is 2. The molecule has 1 unspecified atom stereocenters. The molecule has 2 N–H and O–H groups in total. The summed E-state index contributed by atoms with van der Waals surface area (Å²) in [6.45, 7) is 7.01. The second kappa shape index (κ2) is 4.99. The highest BCUT2D eigenvalue weighted by Crippen LogP contribution is 2.26. The molecule has 0 aliphatic carbocycles. The maximum atomic E-state index is 11.4. The Kier molecular flexibility index (Phi) is 3.88. The van der Waals surface area contributed by atoms with Crippen molar-refractivity contribution >= 4 is 12.4 Å². The van der Waals surface area contributed by atoms with Crippen molar-refractivity contribution in [3.05, 3.63) is 17.0 Å². The van der Waals surface area contributed by atoms with Gasteiger partial charge in [0.1, 0.15) is 0 Å². The number of nitrogens with one attached hydrogen (secondary N) is 1. The van der Waals surface area contributed by atoms with Crippen LogP contribution < -0.4 is 0 Å². The summed E-state index contributed by atoms with van der Waals surface area (Å²) < 4.78 is 0. The summed E-state index contributed by atoms with van der Waals surface area (Å²) in [5.41, 5.74) is 1.82. The third-order valence-corrected chi connectivity index (χ3v) is 2.71. The molecule has 1 aromatic heterocycles. The number of aliphatic carboxylic acids is 1. The Morgan fingerprint density at radius 2 is 2.06 bits per heavy atom. The van der Waals surface area contributed by atoms with E-state index in [1.807, 2.05) is 0 Å². The summed E-state index contributed by atoms with van der Waals surface area (Å²) in [7, 11) is 0. The zero-order valence-electron chi connectivity index (χ0n) is 10.4. The van der Waals surface area contributed by atoms with Crippen LogP contribution in [0, 0.1) is 13.8 Å². The maximum absolute atomic E-state index is 11.4. The zero-order chi connectivity index (χ0) is 13.2. The van der Waals surface area contributed by atoms with E-state index in [1.165, 1.54) is 4.90 Å². The van der Waals surface area contributed by atoms with Crippen LogP contribution in [0.15, 0.2) is 0 Å². The van der Waals surface area contributed by atoms with Crippen molar-refractivity contribution in [1.29, 1.82) is 0 Å². The number of carboxylic acid groups (broad SMARTS) is 1. The van der Waals surface area contributed by atoms with E-state index in [-0.39, 0.29) is 6.04 Å². The van der Waals surface area contributed by atoms with Gasteiger partial charge in [0.05, 0.1) is 5.69 Å². The van der Waals surface area contributed by atoms with Crippen LogP contribution in [-0.2, 0) is 9.59 Å². The van der Waals surface area contributed by atoms with Crippen molar-refractivity contribution in [3.8, 4) is 0 Å². The second-order valence-corrected chi connectivity index (χ2v) is 4.23. The fourth-order valence-corrected chi connectivity index (χ4v) is 1.84. The molecule has 0 fully saturated rings. The first kappa shape index (κ1) is 13.2. The summed E-state index contributed by atoms with van der Waals surface area (Å²) >= 11 is 0. The first-order chi connectivity index (χ1) is 7.90. The topological polar surface area (TPSA) is 86.3 Å². The molecule has 17 heavy (non-hydrogen) atoms. The molecule has 1 amide bonds. The Bertz CT molecular complexity index is 406. The highest BCUT2D eigenvalue weighted by Gasteiger charge is 2.32. The average molecular weight is 239 g/mol. The molecule has 6 heteroatoms. The smallest absolute Gasteiger partial charge is 0.331 e. The minimum atomic E-state index is -1.06. The lowest BCUT2D eigenvalue weighted by Gasteiger charge is -2.28. The van der Waals surface area contributed by atoms with Crippen molar-refractivity contribution in [1.82, 2.24) is 15.1 Å². The molecule has 0 saturated heterocycles. The molecular formula is C11H17N3O3. The van der Waals surface area contributed by atoms with Gasteiger partial charge in [0.25, 0.3) is 0 Å². The Morgan fingerprint density at radius 3 is 2.35 bits per heavy atom. The Hall–Kier alpha value is -1.85. The predicted molar refractivity (Wildman–Crippen MR) is 61.5 cm³/mol. The number of rotatable bonds is 5. The average Bonchev–Trinajstić information content (AvgIpc) is 2.54. The third kappa shape index (κ3) is 2.46. The number of carboxylic acids is 1. The summed E-state index contributed by atoms with van der Waals surface area (Å²) in [5.74, 6) is -1.06. The lowest BCUT2D eigenvalue weighted by molar-refractivity contribution is -0.148. The van der Waals surface area contributed by atoms with Gasteiger partial charge in [-0.25, -0.2) is 4.79 Å². The molecule has 0 radical (unpaired) electrons. The van der Waals surface area contributed by atoms with Gasteiger partial charge in [0, 0.05) is 17.3 Å². The SMILES string of the molecule is Cc1n[nH]c(C)c1C(C(=O)O)N(C=O)C(C)C. The van der Waals surface area contributed by atoms with Crippen LogP contribution in [0.3, 0.4) is 0 Å². The number of amides is 1. The van der Waals surface area contributed by atoms with Gasteiger partial charge >= 0.3 is 5.97 Å². The summed E-state index contributed by atoms with van der Waals surface area (Å²) in [6.07, 6.45) is 0.565. The number of carbonyl (C=O) groups is 2. The van der Waals surface area contributed by atoms with Crippen molar-refractivity contribution in [2.45, 2.75) is 39.8 Å². The van der Waals surface area contributed by atoms with Crippen LogP contribution in [0.2, 0.25) is 0 Å². The largest absolute Gasteiger partial charge is 0.479 e. The van der Waals surface area contributed by atoms with E-state index in [0.29, 0.717) is 23.4 Å². The molecule has 0 bridgehead atoms. The molecule has 0 aliphatic heterocycles. The number of nitrogens with zero attached hydrogens (tertiary/aromatic N) is 2. The second-order valence-electron chi connectivity index (χ2n) is 4.23. The fourth-order valence-electron chi connectivity index (χ4n) is 1.84. The van der Waals surface area contributed by atoms with Crippen LogP contribution in [-0.4, -0.2) is 38.6 Å². The van der Waals surface area contributed by atoms with Crippen molar-refractivity contribution in [2.24, 2.45) is 0 Å². The van der Waals surface area contributed by atoms with Crippen molar-refractivity contribution < 1.29 is 14.7 Å². The molecule has 1 heterocycles. The van der Waals surface area contributed by atoms with Gasteiger partial charge in [-0.05, 0) is 27.7 Å². The number of aromatic amines is 1. The molecule has 1 rings (SSSR count). The quantitative estimate of drug-likeness (QED) is 0.751. The zero-order valence-corrected chi connectivity index (χ0v) is 10.4. The number of carbonyl (C=O) groups excluding carboxylic acids is 1. The standard InChI is InChI=1S/C11H17N3O3/c1-6(2)14(5-15)10(11(16)17)9-7(3)12-13-8(9)4/h5-6,10H,1-4H3,(H,12,13)(H,16,17). The minimum absolute atomic E-state index is 0.192. The Morgan fingerprint density at radius 1 is 1.47 bits per heavy atom. The van der Waals surface area contributed by atoms with Gasteiger partial charge in [0.2, 0.25) is 6.41 Å². The van der Waals surface area contributed by atoms with Crippen LogP contribution >= 0.6 is 0 Å².